The molecular weight excluding hydrogens is 333 g/mol. The van der Waals surface area contributed by atoms with Gasteiger partial charge in [-0.25, -0.2) is 9.18 Å². The van der Waals surface area contributed by atoms with Crippen molar-refractivity contribution in [3.05, 3.63) is 76.7 Å². The molecule has 0 bridgehead atoms. The van der Waals surface area contributed by atoms with Gasteiger partial charge in [-0.05, 0) is 43.0 Å². The number of para-hydroxylation sites is 1. The number of aryl methyl sites for hydroxylation is 1. The molecule has 1 aromatic heterocycles. The quantitative estimate of drug-likeness (QED) is 0.529. The number of esters is 1. The van der Waals surface area contributed by atoms with Crippen molar-refractivity contribution in [1.29, 1.82) is 0 Å². The molecule has 0 N–H and O–H groups in total. The van der Waals surface area contributed by atoms with Crippen LogP contribution in [0.3, 0.4) is 0 Å². The molecule has 0 radical (unpaired) electrons. The Morgan fingerprint density at radius 3 is 2.77 bits per heavy atom. The third-order valence-electron chi connectivity index (χ3n) is 4.60. The van der Waals surface area contributed by atoms with Crippen molar-refractivity contribution >= 4 is 22.7 Å². The maximum atomic E-state index is 13.2. The van der Waals surface area contributed by atoms with Crippen molar-refractivity contribution in [1.82, 2.24) is 4.98 Å². The van der Waals surface area contributed by atoms with Crippen molar-refractivity contribution in [3.63, 3.8) is 0 Å². The van der Waals surface area contributed by atoms with E-state index in [0.29, 0.717) is 5.56 Å². The smallest absolute Gasteiger partial charge is 0.339 e. The average molecular weight is 349 g/mol. The summed E-state index contributed by atoms with van der Waals surface area (Å²) in [5, 5.41) is 0.733. The Hall–Kier alpha value is -3.08. The first-order valence-electron chi connectivity index (χ1n) is 8.50. The van der Waals surface area contributed by atoms with Gasteiger partial charge in [0.2, 0.25) is 0 Å². The number of ketones is 1. The van der Waals surface area contributed by atoms with Crippen LogP contribution >= 0.6 is 0 Å². The van der Waals surface area contributed by atoms with Crippen LogP contribution in [0.4, 0.5) is 4.39 Å². The molecule has 0 spiro atoms. The van der Waals surface area contributed by atoms with Crippen molar-refractivity contribution in [2.75, 3.05) is 6.61 Å². The van der Waals surface area contributed by atoms with Gasteiger partial charge in [-0.1, -0.05) is 30.3 Å². The van der Waals surface area contributed by atoms with E-state index in [2.05, 4.69) is 4.98 Å². The number of halogens is 1. The highest BCUT2D eigenvalue weighted by molar-refractivity contribution is 6.06. The van der Waals surface area contributed by atoms with E-state index < -0.39 is 24.2 Å². The second kappa shape index (κ2) is 6.67. The standard InChI is InChI=1S/C21H16FNO3/c22-14-6-3-5-13(11-14)19(24)12-26-21(25)20-15-7-1-2-9-17(15)23-18-10-4-8-16(18)20/h1-3,5-7,9,11H,4,8,10,12H2. The zero-order valence-electron chi connectivity index (χ0n) is 14.0. The number of aromatic nitrogens is 1. The number of rotatable bonds is 4. The monoisotopic (exact) mass is 349 g/mol. The minimum atomic E-state index is -0.536. The molecule has 2 aromatic carbocycles. The maximum Gasteiger partial charge on any atom is 0.339 e. The van der Waals surface area contributed by atoms with E-state index in [1.54, 1.807) is 0 Å². The lowest BCUT2D eigenvalue weighted by atomic mass is 10.0. The number of nitrogens with zero attached hydrogens (tertiary/aromatic N) is 1. The molecule has 0 atom stereocenters. The highest BCUT2D eigenvalue weighted by Crippen LogP contribution is 2.30. The first-order chi connectivity index (χ1) is 12.6. The van der Waals surface area contributed by atoms with Crippen molar-refractivity contribution in [2.45, 2.75) is 19.3 Å². The van der Waals surface area contributed by atoms with E-state index in [9.17, 15) is 14.0 Å². The number of pyridine rings is 1. The van der Waals surface area contributed by atoms with Crippen LogP contribution in [0.1, 0.15) is 38.4 Å². The van der Waals surface area contributed by atoms with Crippen LogP contribution in [-0.2, 0) is 17.6 Å². The zero-order chi connectivity index (χ0) is 18.1. The number of carbonyl (C=O) groups is 2. The summed E-state index contributed by atoms with van der Waals surface area (Å²) in [4.78, 5) is 29.6. The molecule has 0 fully saturated rings. The molecule has 0 saturated heterocycles. The van der Waals surface area contributed by atoms with Gasteiger partial charge in [-0.3, -0.25) is 9.78 Å². The molecule has 5 heteroatoms. The van der Waals surface area contributed by atoms with Crippen molar-refractivity contribution < 1.29 is 18.7 Å². The molecule has 0 amide bonds. The molecular formula is C21H16FNO3. The lowest BCUT2D eigenvalue weighted by Crippen LogP contribution is -2.16. The van der Waals surface area contributed by atoms with Gasteiger partial charge in [-0.15, -0.1) is 0 Å². The fraction of sp³-hybridized carbons (Fsp3) is 0.190. The minimum Gasteiger partial charge on any atom is -0.454 e. The van der Waals surface area contributed by atoms with Gasteiger partial charge >= 0.3 is 5.97 Å². The van der Waals surface area contributed by atoms with Gasteiger partial charge < -0.3 is 4.74 Å². The molecule has 1 aliphatic rings. The Kier molecular flexibility index (Phi) is 4.21. The number of benzene rings is 2. The highest BCUT2D eigenvalue weighted by Gasteiger charge is 2.25. The van der Waals surface area contributed by atoms with Gasteiger partial charge in [0.05, 0.1) is 11.1 Å². The third kappa shape index (κ3) is 2.96. The molecule has 130 valence electrons. The fourth-order valence-corrected chi connectivity index (χ4v) is 3.39. The molecule has 4 nitrogen and oxygen atoms in total. The molecule has 1 heterocycles. The molecule has 1 aliphatic carbocycles. The zero-order valence-corrected chi connectivity index (χ0v) is 14.0. The predicted octanol–water partition coefficient (Wildman–Crippen LogP) is 3.90. The lowest BCUT2D eigenvalue weighted by molar-refractivity contribution is 0.0475. The molecule has 26 heavy (non-hydrogen) atoms. The van der Waals surface area contributed by atoms with Gasteiger partial charge in [0.1, 0.15) is 5.82 Å². The van der Waals surface area contributed by atoms with Gasteiger partial charge in [0.25, 0.3) is 0 Å². The predicted molar refractivity (Wildman–Crippen MR) is 94.8 cm³/mol. The van der Waals surface area contributed by atoms with Crippen LogP contribution in [0.5, 0.6) is 0 Å². The van der Waals surface area contributed by atoms with Crippen LogP contribution < -0.4 is 0 Å². The topological polar surface area (TPSA) is 56.3 Å². The van der Waals surface area contributed by atoms with Crippen molar-refractivity contribution in [2.24, 2.45) is 0 Å². The second-order valence-electron chi connectivity index (χ2n) is 6.29. The summed E-state index contributed by atoms with van der Waals surface area (Å²) in [7, 11) is 0. The molecule has 0 unspecified atom stereocenters. The summed E-state index contributed by atoms with van der Waals surface area (Å²) < 4.78 is 18.5. The maximum absolute atomic E-state index is 13.2. The van der Waals surface area contributed by atoms with Crippen molar-refractivity contribution in [3.8, 4) is 0 Å². The Bertz CT molecular complexity index is 1030. The molecule has 0 saturated carbocycles. The van der Waals surface area contributed by atoms with Crippen LogP contribution in [0.15, 0.2) is 48.5 Å². The van der Waals surface area contributed by atoms with E-state index >= 15 is 0 Å². The van der Waals surface area contributed by atoms with Gasteiger partial charge in [0, 0.05) is 16.6 Å². The van der Waals surface area contributed by atoms with Crippen LogP contribution in [0.2, 0.25) is 0 Å². The molecule has 3 aromatic rings. The average Bonchev–Trinajstić information content (AvgIpc) is 3.11. The first-order valence-corrected chi connectivity index (χ1v) is 8.50. The number of hydrogen-bond donors (Lipinski definition) is 0. The molecule has 0 aliphatic heterocycles. The Labute approximate surface area is 149 Å². The number of carbonyl (C=O) groups excluding carboxylic acids is 2. The van der Waals surface area contributed by atoms with E-state index in [4.69, 9.17) is 4.74 Å². The minimum absolute atomic E-state index is 0.183. The SMILES string of the molecule is O=C(COC(=O)c1c2c(nc3ccccc13)CCC2)c1cccc(F)c1. The largest absolute Gasteiger partial charge is 0.454 e. The Balaban J connectivity index is 1.62. The van der Waals surface area contributed by atoms with E-state index in [0.717, 1.165) is 47.5 Å². The van der Waals surface area contributed by atoms with Crippen LogP contribution in [0.25, 0.3) is 10.9 Å². The fourth-order valence-electron chi connectivity index (χ4n) is 3.39. The molecule has 4 rings (SSSR count). The first kappa shape index (κ1) is 16.4. The van der Waals surface area contributed by atoms with Gasteiger partial charge in [-0.2, -0.15) is 0 Å². The summed E-state index contributed by atoms with van der Waals surface area (Å²) in [6.45, 7) is -0.423. The van der Waals surface area contributed by atoms with E-state index in [1.807, 2.05) is 24.3 Å². The summed E-state index contributed by atoms with van der Waals surface area (Å²) >= 11 is 0. The van der Waals surface area contributed by atoms with Gasteiger partial charge in [0.15, 0.2) is 12.4 Å². The normalized spacial score (nSPS) is 12.8. The highest BCUT2D eigenvalue weighted by atomic mass is 19.1. The third-order valence-corrected chi connectivity index (χ3v) is 4.60. The van der Waals surface area contributed by atoms with E-state index in [-0.39, 0.29) is 5.56 Å². The second-order valence-corrected chi connectivity index (χ2v) is 6.29. The summed E-state index contributed by atoms with van der Waals surface area (Å²) in [5.41, 5.74) is 3.26. The van der Waals surface area contributed by atoms with E-state index in [1.165, 1.54) is 18.2 Å². The lowest BCUT2D eigenvalue weighted by Gasteiger charge is -2.12. The van der Waals surface area contributed by atoms with Crippen LogP contribution in [0, 0.1) is 5.82 Å². The van der Waals surface area contributed by atoms with Crippen LogP contribution in [-0.4, -0.2) is 23.3 Å². The summed E-state index contributed by atoms with van der Waals surface area (Å²) in [6, 6.07) is 12.8. The number of ether oxygens (including phenoxy) is 1. The summed E-state index contributed by atoms with van der Waals surface area (Å²) in [6.07, 6.45) is 2.55. The number of Topliss-reactive ketones (excluding diaryl/α,β-unsaturated/α-hetero) is 1. The number of hydrogen-bond acceptors (Lipinski definition) is 4. The Morgan fingerprint density at radius 1 is 1.08 bits per heavy atom. The number of fused-ring (bicyclic) bond motifs is 2. The Morgan fingerprint density at radius 2 is 1.92 bits per heavy atom. The summed E-state index contributed by atoms with van der Waals surface area (Å²) in [5.74, 6) is -1.47.